The number of anilines is 1. The molecule has 0 saturated carbocycles. The second kappa shape index (κ2) is 11.9. The van der Waals surface area contributed by atoms with Crippen molar-refractivity contribution < 1.29 is 17.9 Å². The summed E-state index contributed by atoms with van der Waals surface area (Å²) in [4.78, 5) is 12.8. The topological polar surface area (TPSA) is 75.7 Å². The van der Waals surface area contributed by atoms with Crippen molar-refractivity contribution in [1.82, 2.24) is 5.32 Å². The Morgan fingerprint density at radius 3 is 2.32 bits per heavy atom. The number of halogens is 1. The molecule has 0 radical (unpaired) electrons. The molecule has 6 nitrogen and oxygen atoms in total. The van der Waals surface area contributed by atoms with Gasteiger partial charge in [-0.05, 0) is 55.3 Å². The molecule has 3 aromatic rings. The fourth-order valence-corrected chi connectivity index (χ4v) is 5.11. The minimum atomic E-state index is -4.01. The Balaban J connectivity index is 1.66. The highest BCUT2D eigenvalue weighted by Crippen LogP contribution is 2.30. The van der Waals surface area contributed by atoms with Crippen molar-refractivity contribution in [2.45, 2.75) is 31.6 Å². The lowest BCUT2D eigenvalue weighted by atomic mass is 10.1. The van der Waals surface area contributed by atoms with E-state index in [1.165, 1.54) is 17.7 Å². The van der Waals surface area contributed by atoms with Crippen LogP contribution in [-0.4, -0.2) is 34.0 Å². The molecule has 0 aliphatic heterocycles. The fourth-order valence-electron chi connectivity index (χ4n) is 3.38. The number of aryl methyl sites for hydroxylation is 2. The van der Waals surface area contributed by atoms with Gasteiger partial charge in [0.1, 0.15) is 18.9 Å². The molecular formula is C26H29ClN2O4S. The lowest BCUT2D eigenvalue weighted by Crippen LogP contribution is -2.42. The maximum atomic E-state index is 13.4. The van der Waals surface area contributed by atoms with Crippen LogP contribution in [-0.2, 0) is 21.2 Å². The summed E-state index contributed by atoms with van der Waals surface area (Å²) in [5.41, 5.74) is 2.42. The molecule has 0 aliphatic carbocycles. The van der Waals surface area contributed by atoms with E-state index in [2.05, 4.69) is 12.2 Å². The van der Waals surface area contributed by atoms with E-state index in [0.29, 0.717) is 5.75 Å². The first kappa shape index (κ1) is 25.6. The number of para-hydroxylation sites is 1. The Hall–Kier alpha value is -3.03. The van der Waals surface area contributed by atoms with Crippen LogP contribution in [0.4, 0.5) is 5.69 Å². The van der Waals surface area contributed by atoms with Gasteiger partial charge in [-0.2, -0.15) is 0 Å². The summed E-state index contributed by atoms with van der Waals surface area (Å²) in [5.74, 6) is 0.256. The number of benzene rings is 3. The monoisotopic (exact) mass is 500 g/mol. The molecule has 0 aromatic heterocycles. The number of hydrogen-bond donors (Lipinski definition) is 1. The van der Waals surface area contributed by atoms with E-state index < -0.39 is 22.5 Å². The zero-order valence-electron chi connectivity index (χ0n) is 19.3. The molecule has 1 amide bonds. The first-order valence-corrected chi connectivity index (χ1v) is 13.0. The van der Waals surface area contributed by atoms with Gasteiger partial charge in [-0.1, -0.05) is 66.9 Å². The van der Waals surface area contributed by atoms with E-state index in [1.807, 2.05) is 31.2 Å². The number of sulfonamides is 1. The van der Waals surface area contributed by atoms with Crippen LogP contribution in [0, 0.1) is 6.92 Å². The number of ether oxygens (including phenoxy) is 1. The molecule has 34 heavy (non-hydrogen) atoms. The number of carbonyl (C=O) groups excluding carboxylic acids is 1. The van der Waals surface area contributed by atoms with Gasteiger partial charge in [-0.15, -0.1) is 0 Å². The number of nitrogens with one attached hydrogen (secondary N) is 1. The number of amides is 1. The van der Waals surface area contributed by atoms with Crippen LogP contribution >= 0.6 is 11.6 Å². The second-order valence-electron chi connectivity index (χ2n) is 7.87. The van der Waals surface area contributed by atoms with Crippen molar-refractivity contribution in [3.05, 3.63) is 88.9 Å². The van der Waals surface area contributed by atoms with Crippen molar-refractivity contribution in [3.8, 4) is 5.75 Å². The normalized spacial score (nSPS) is 11.1. The van der Waals surface area contributed by atoms with E-state index >= 15 is 0 Å². The molecule has 0 heterocycles. The maximum absolute atomic E-state index is 13.4. The summed E-state index contributed by atoms with van der Waals surface area (Å²) >= 11 is 6.29. The van der Waals surface area contributed by atoms with Gasteiger partial charge < -0.3 is 10.1 Å². The van der Waals surface area contributed by atoms with Gasteiger partial charge >= 0.3 is 0 Å². The number of hydrogen-bond acceptors (Lipinski definition) is 4. The smallest absolute Gasteiger partial charge is 0.264 e. The van der Waals surface area contributed by atoms with E-state index in [1.54, 1.807) is 36.4 Å². The molecule has 0 bridgehead atoms. The van der Waals surface area contributed by atoms with Gasteiger partial charge in [0.25, 0.3) is 10.0 Å². The average molecular weight is 501 g/mol. The van der Waals surface area contributed by atoms with Crippen molar-refractivity contribution in [1.29, 1.82) is 0 Å². The predicted octanol–water partition coefficient (Wildman–Crippen LogP) is 4.99. The third kappa shape index (κ3) is 6.74. The number of nitrogens with zero attached hydrogens (tertiary/aromatic N) is 1. The van der Waals surface area contributed by atoms with Crippen LogP contribution < -0.4 is 14.4 Å². The zero-order valence-corrected chi connectivity index (χ0v) is 20.9. The fraction of sp³-hybridized carbons (Fsp3) is 0.269. The average Bonchev–Trinajstić information content (AvgIpc) is 2.82. The second-order valence-corrected chi connectivity index (χ2v) is 10.1. The van der Waals surface area contributed by atoms with Crippen LogP contribution in [0.2, 0.25) is 5.02 Å². The Morgan fingerprint density at radius 1 is 1.00 bits per heavy atom. The maximum Gasteiger partial charge on any atom is 0.264 e. The summed E-state index contributed by atoms with van der Waals surface area (Å²) in [7, 11) is -4.01. The van der Waals surface area contributed by atoms with Crippen molar-refractivity contribution >= 4 is 33.2 Å². The molecule has 0 atom stereocenters. The number of carbonyl (C=O) groups is 1. The number of rotatable bonds is 11. The van der Waals surface area contributed by atoms with Crippen LogP contribution in [0.1, 0.15) is 24.5 Å². The molecule has 180 valence electrons. The largest absolute Gasteiger partial charge is 0.492 e. The first-order valence-electron chi connectivity index (χ1n) is 11.1. The van der Waals surface area contributed by atoms with Crippen molar-refractivity contribution in [3.63, 3.8) is 0 Å². The molecule has 3 rings (SSSR count). The highest BCUT2D eigenvalue weighted by molar-refractivity contribution is 7.92. The lowest BCUT2D eigenvalue weighted by molar-refractivity contribution is -0.119. The summed E-state index contributed by atoms with van der Waals surface area (Å²) in [5, 5.41) is 2.96. The Labute approximate surface area is 206 Å². The van der Waals surface area contributed by atoms with Gasteiger partial charge in [-0.25, -0.2) is 8.42 Å². The third-order valence-corrected chi connectivity index (χ3v) is 7.27. The van der Waals surface area contributed by atoms with Gasteiger partial charge in [-0.3, -0.25) is 9.10 Å². The summed E-state index contributed by atoms with van der Waals surface area (Å²) in [6.07, 6.45) is 2.10. The van der Waals surface area contributed by atoms with Gasteiger partial charge in [0, 0.05) is 0 Å². The quantitative estimate of drug-likeness (QED) is 0.376. The molecule has 3 aromatic carbocycles. The molecule has 0 fully saturated rings. The Morgan fingerprint density at radius 2 is 1.68 bits per heavy atom. The van der Waals surface area contributed by atoms with E-state index in [9.17, 15) is 13.2 Å². The highest BCUT2D eigenvalue weighted by Gasteiger charge is 2.28. The summed E-state index contributed by atoms with van der Waals surface area (Å²) in [6.45, 7) is 4.08. The Bertz CT molecular complexity index is 1200. The van der Waals surface area contributed by atoms with E-state index in [0.717, 1.165) is 22.7 Å². The SMILES string of the molecule is CCCc1ccc(OCCNC(=O)CN(c2ccccc2Cl)S(=O)(=O)c2ccc(C)cc2)cc1. The van der Waals surface area contributed by atoms with Gasteiger partial charge in [0.2, 0.25) is 5.91 Å². The summed E-state index contributed by atoms with van der Waals surface area (Å²) in [6, 6.07) is 20.9. The van der Waals surface area contributed by atoms with Crippen LogP contribution in [0.15, 0.2) is 77.7 Å². The molecule has 0 spiro atoms. The predicted molar refractivity (Wildman–Crippen MR) is 136 cm³/mol. The molecule has 0 saturated heterocycles. The standard InChI is InChI=1S/C26H29ClN2O4S/c1-3-6-21-11-13-22(14-12-21)33-18-17-28-26(30)19-29(25-8-5-4-7-24(25)27)34(31,32)23-15-9-20(2)10-16-23/h4-5,7-16H,3,6,17-19H2,1-2H3,(H,28,30). The van der Waals surface area contributed by atoms with Gasteiger partial charge in [0.15, 0.2) is 0 Å². The van der Waals surface area contributed by atoms with E-state index in [4.69, 9.17) is 16.3 Å². The van der Waals surface area contributed by atoms with E-state index in [-0.39, 0.29) is 28.8 Å². The molecular weight excluding hydrogens is 472 g/mol. The zero-order chi connectivity index (χ0) is 24.6. The lowest BCUT2D eigenvalue weighted by Gasteiger charge is -2.25. The molecule has 1 N–H and O–H groups in total. The first-order chi connectivity index (χ1) is 16.3. The van der Waals surface area contributed by atoms with Crippen LogP contribution in [0.5, 0.6) is 5.75 Å². The molecule has 0 unspecified atom stereocenters. The van der Waals surface area contributed by atoms with Crippen molar-refractivity contribution in [2.24, 2.45) is 0 Å². The minimum absolute atomic E-state index is 0.0840. The van der Waals surface area contributed by atoms with Crippen LogP contribution in [0.3, 0.4) is 0 Å². The van der Waals surface area contributed by atoms with Gasteiger partial charge in [0.05, 0.1) is 22.2 Å². The highest BCUT2D eigenvalue weighted by atomic mass is 35.5. The Kier molecular flexibility index (Phi) is 8.96. The third-order valence-electron chi connectivity index (χ3n) is 5.17. The van der Waals surface area contributed by atoms with Crippen LogP contribution in [0.25, 0.3) is 0 Å². The molecule has 8 heteroatoms. The van der Waals surface area contributed by atoms with Crippen molar-refractivity contribution in [2.75, 3.05) is 24.0 Å². The minimum Gasteiger partial charge on any atom is -0.492 e. The molecule has 0 aliphatic rings. The summed E-state index contributed by atoms with van der Waals surface area (Å²) < 4.78 is 33.5.